The van der Waals surface area contributed by atoms with E-state index in [9.17, 15) is 9.59 Å². The molecule has 0 spiro atoms. The summed E-state index contributed by atoms with van der Waals surface area (Å²) in [5, 5.41) is 4.61. The fraction of sp³-hybridized carbons (Fsp3) is 0. The maximum atomic E-state index is 10.5. The molecule has 1 heterocycles. The highest BCUT2D eigenvalue weighted by atomic mass is 16.2. The van der Waals surface area contributed by atoms with Gasteiger partial charge in [-0.3, -0.25) is 4.98 Å². The van der Waals surface area contributed by atoms with Gasteiger partial charge in [-0.05, 0) is 6.07 Å². The third kappa shape index (κ3) is 2.97. The summed E-state index contributed by atoms with van der Waals surface area (Å²) in [5.41, 5.74) is 10.5. The first-order valence-corrected chi connectivity index (χ1v) is 3.66. The summed E-state index contributed by atoms with van der Waals surface area (Å²) >= 11 is 0. The van der Waals surface area contributed by atoms with Crippen molar-refractivity contribution in [1.29, 1.82) is 0 Å². The van der Waals surface area contributed by atoms with E-state index in [4.69, 9.17) is 11.5 Å². The van der Waals surface area contributed by atoms with Gasteiger partial charge in [0.15, 0.2) is 0 Å². The first-order valence-electron chi connectivity index (χ1n) is 3.66. The minimum atomic E-state index is -0.706. The molecule has 0 unspecified atom stereocenters. The lowest BCUT2D eigenvalue weighted by atomic mass is 10.4. The van der Waals surface area contributed by atoms with E-state index >= 15 is 0 Å². The molecule has 0 radical (unpaired) electrons. The number of anilines is 2. The van der Waals surface area contributed by atoms with Gasteiger partial charge in [0.2, 0.25) is 0 Å². The molecule has 7 heteroatoms. The first kappa shape index (κ1) is 9.78. The first-order chi connectivity index (χ1) is 6.58. The molecule has 7 nitrogen and oxygen atoms in total. The molecule has 0 aliphatic carbocycles. The van der Waals surface area contributed by atoms with Crippen molar-refractivity contribution in [3.05, 3.63) is 18.5 Å². The van der Waals surface area contributed by atoms with Gasteiger partial charge in [0.1, 0.15) is 0 Å². The van der Waals surface area contributed by atoms with Crippen LogP contribution in [0.15, 0.2) is 18.5 Å². The Labute approximate surface area is 79.5 Å². The SMILES string of the molecule is NC(=O)Nc1cncc(NC(N)=O)c1. The number of nitrogens with two attached hydrogens (primary N) is 2. The monoisotopic (exact) mass is 195 g/mol. The zero-order valence-electron chi connectivity index (χ0n) is 7.15. The molecular formula is C7H9N5O2. The summed E-state index contributed by atoms with van der Waals surface area (Å²) in [4.78, 5) is 24.7. The van der Waals surface area contributed by atoms with Gasteiger partial charge in [0.05, 0.1) is 23.8 Å². The summed E-state index contributed by atoms with van der Waals surface area (Å²) in [5.74, 6) is 0. The summed E-state index contributed by atoms with van der Waals surface area (Å²) in [6, 6.07) is 0.0637. The molecular weight excluding hydrogens is 186 g/mol. The number of urea groups is 2. The number of hydrogen-bond donors (Lipinski definition) is 4. The molecule has 0 saturated heterocycles. The predicted molar refractivity (Wildman–Crippen MR) is 50.6 cm³/mol. The number of nitrogens with zero attached hydrogens (tertiary/aromatic N) is 1. The molecule has 0 bridgehead atoms. The number of pyridine rings is 1. The fourth-order valence-electron chi connectivity index (χ4n) is 0.861. The standard InChI is InChI=1S/C7H9N5O2/c8-6(13)11-4-1-5(3-10-2-4)12-7(9)14/h1-3H,(H3,8,11,13)(H3,9,12,14). The lowest BCUT2D eigenvalue weighted by Gasteiger charge is -2.04. The van der Waals surface area contributed by atoms with E-state index in [0.29, 0.717) is 11.4 Å². The van der Waals surface area contributed by atoms with Crippen LogP contribution in [-0.4, -0.2) is 17.0 Å². The second-order valence-corrected chi connectivity index (χ2v) is 2.44. The van der Waals surface area contributed by atoms with Crippen molar-refractivity contribution in [2.75, 3.05) is 10.6 Å². The molecule has 0 aliphatic heterocycles. The number of rotatable bonds is 2. The maximum absolute atomic E-state index is 10.5. The molecule has 0 fully saturated rings. The highest BCUT2D eigenvalue weighted by Crippen LogP contribution is 2.11. The minimum absolute atomic E-state index is 0.378. The molecule has 0 aliphatic rings. The van der Waals surface area contributed by atoms with Gasteiger partial charge in [0.25, 0.3) is 0 Å². The van der Waals surface area contributed by atoms with E-state index in [-0.39, 0.29) is 0 Å². The molecule has 6 N–H and O–H groups in total. The number of carbonyl (C=O) groups is 2. The fourth-order valence-corrected chi connectivity index (χ4v) is 0.861. The number of amides is 4. The van der Waals surface area contributed by atoms with Crippen molar-refractivity contribution in [3.8, 4) is 0 Å². The second kappa shape index (κ2) is 4.08. The van der Waals surface area contributed by atoms with Gasteiger partial charge in [-0.25, -0.2) is 9.59 Å². The van der Waals surface area contributed by atoms with E-state index in [0.717, 1.165) is 0 Å². The summed E-state index contributed by atoms with van der Waals surface area (Å²) in [7, 11) is 0. The topological polar surface area (TPSA) is 123 Å². The Balaban J connectivity index is 2.78. The lowest BCUT2D eigenvalue weighted by molar-refractivity contribution is 0.258. The molecule has 0 atom stereocenters. The number of aromatic nitrogens is 1. The van der Waals surface area contributed by atoms with Gasteiger partial charge in [-0.15, -0.1) is 0 Å². The van der Waals surface area contributed by atoms with Crippen LogP contribution < -0.4 is 22.1 Å². The summed E-state index contributed by atoms with van der Waals surface area (Å²) in [6.45, 7) is 0. The number of primary amides is 2. The van der Waals surface area contributed by atoms with Crippen molar-refractivity contribution >= 4 is 23.4 Å². The molecule has 0 saturated carbocycles. The van der Waals surface area contributed by atoms with Crippen molar-refractivity contribution in [3.63, 3.8) is 0 Å². The summed E-state index contributed by atoms with van der Waals surface area (Å²) < 4.78 is 0. The molecule has 1 rings (SSSR count). The zero-order chi connectivity index (χ0) is 10.6. The average molecular weight is 195 g/mol. The highest BCUT2D eigenvalue weighted by Gasteiger charge is 2.00. The Morgan fingerprint density at radius 2 is 1.50 bits per heavy atom. The van der Waals surface area contributed by atoms with Crippen molar-refractivity contribution in [2.24, 2.45) is 11.5 Å². The number of hydrogen-bond acceptors (Lipinski definition) is 3. The van der Waals surface area contributed by atoms with Crippen molar-refractivity contribution in [1.82, 2.24) is 4.98 Å². The lowest BCUT2D eigenvalue weighted by Crippen LogP contribution is -2.21. The van der Waals surface area contributed by atoms with Crippen LogP contribution in [0.5, 0.6) is 0 Å². The Morgan fingerprint density at radius 3 is 1.86 bits per heavy atom. The van der Waals surface area contributed by atoms with Crippen LogP contribution in [0.3, 0.4) is 0 Å². The van der Waals surface area contributed by atoms with Gasteiger partial charge >= 0.3 is 12.1 Å². The van der Waals surface area contributed by atoms with E-state index in [1.165, 1.54) is 18.5 Å². The van der Waals surface area contributed by atoms with Crippen LogP contribution in [0.2, 0.25) is 0 Å². The third-order valence-electron chi connectivity index (χ3n) is 1.27. The van der Waals surface area contributed by atoms with E-state index < -0.39 is 12.1 Å². The van der Waals surface area contributed by atoms with E-state index in [1.54, 1.807) is 0 Å². The molecule has 1 aromatic rings. The normalized spacial score (nSPS) is 9.14. The van der Waals surface area contributed by atoms with Crippen LogP contribution in [0.1, 0.15) is 0 Å². The minimum Gasteiger partial charge on any atom is -0.351 e. The maximum Gasteiger partial charge on any atom is 0.316 e. The van der Waals surface area contributed by atoms with Crippen molar-refractivity contribution in [2.45, 2.75) is 0 Å². The highest BCUT2D eigenvalue weighted by molar-refractivity contribution is 5.91. The Kier molecular flexibility index (Phi) is 2.85. The van der Waals surface area contributed by atoms with E-state index in [1.807, 2.05) is 0 Å². The molecule has 74 valence electrons. The zero-order valence-corrected chi connectivity index (χ0v) is 7.15. The predicted octanol–water partition coefficient (Wildman–Crippen LogP) is 0.0628. The van der Waals surface area contributed by atoms with Gasteiger partial charge < -0.3 is 22.1 Å². The molecule has 14 heavy (non-hydrogen) atoms. The number of nitrogens with one attached hydrogen (secondary N) is 2. The van der Waals surface area contributed by atoms with Crippen LogP contribution in [-0.2, 0) is 0 Å². The second-order valence-electron chi connectivity index (χ2n) is 2.44. The quantitative estimate of drug-likeness (QED) is 0.533. The summed E-state index contributed by atoms with van der Waals surface area (Å²) in [6.07, 6.45) is 2.77. The van der Waals surface area contributed by atoms with Crippen LogP contribution >= 0.6 is 0 Å². The smallest absolute Gasteiger partial charge is 0.316 e. The molecule has 1 aromatic heterocycles. The Morgan fingerprint density at radius 1 is 1.07 bits per heavy atom. The van der Waals surface area contributed by atoms with Crippen LogP contribution in [0.4, 0.5) is 21.0 Å². The third-order valence-corrected chi connectivity index (χ3v) is 1.27. The number of carbonyl (C=O) groups excluding carboxylic acids is 2. The van der Waals surface area contributed by atoms with Gasteiger partial charge in [-0.1, -0.05) is 0 Å². The largest absolute Gasteiger partial charge is 0.351 e. The van der Waals surface area contributed by atoms with Gasteiger partial charge in [0, 0.05) is 0 Å². The van der Waals surface area contributed by atoms with E-state index in [2.05, 4.69) is 15.6 Å². The van der Waals surface area contributed by atoms with Gasteiger partial charge in [-0.2, -0.15) is 0 Å². The Hall–Kier alpha value is -2.31. The average Bonchev–Trinajstić information content (AvgIpc) is 2.01. The van der Waals surface area contributed by atoms with Crippen LogP contribution in [0, 0.1) is 0 Å². The molecule has 4 amide bonds. The van der Waals surface area contributed by atoms with Crippen molar-refractivity contribution < 1.29 is 9.59 Å². The molecule has 0 aromatic carbocycles. The Bertz CT molecular complexity index is 334. The van der Waals surface area contributed by atoms with Crippen LogP contribution in [0.25, 0.3) is 0 Å².